The zero-order valence-corrected chi connectivity index (χ0v) is 15.6. The number of nitrogens with one attached hydrogen (secondary N) is 1. The topological polar surface area (TPSA) is 58.4 Å². The van der Waals surface area contributed by atoms with E-state index in [0.717, 1.165) is 29.9 Å². The van der Waals surface area contributed by atoms with Crippen LogP contribution in [0.5, 0.6) is 0 Å². The zero-order valence-electron chi connectivity index (χ0n) is 15.6. The van der Waals surface area contributed by atoms with Gasteiger partial charge in [0.1, 0.15) is 0 Å². The summed E-state index contributed by atoms with van der Waals surface area (Å²) in [6.07, 6.45) is 5.66. The number of aryl methyl sites for hydroxylation is 2. The highest BCUT2D eigenvalue weighted by Crippen LogP contribution is 2.30. The molecule has 2 bridgehead atoms. The highest BCUT2D eigenvalue weighted by atomic mass is 16.4. The van der Waals surface area contributed by atoms with Gasteiger partial charge in [0.15, 0.2) is 11.7 Å². The van der Waals surface area contributed by atoms with Gasteiger partial charge in [-0.05, 0) is 32.6 Å². The van der Waals surface area contributed by atoms with Gasteiger partial charge in [0.2, 0.25) is 5.91 Å². The maximum absolute atomic E-state index is 12.6. The summed E-state index contributed by atoms with van der Waals surface area (Å²) in [7, 11) is 1.95. The van der Waals surface area contributed by atoms with Crippen molar-refractivity contribution in [1.82, 2.24) is 15.2 Å². The van der Waals surface area contributed by atoms with Crippen molar-refractivity contribution in [3.8, 4) is 11.3 Å². The molecule has 26 heavy (non-hydrogen) atoms. The van der Waals surface area contributed by atoms with Crippen LogP contribution in [0.15, 0.2) is 34.7 Å². The summed E-state index contributed by atoms with van der Waals surface area (Å²) in [6.45, 7) is 1.95. The third kappa shape index (κ3) is 3.54. The van der Waals surface area contributed by atoms with Crippen molar-refractivity contribution < 1.29 is 9.21 Å². The van der Waals surface area contributed by atoms with Gasteiger partial charge in [-0.25, -0.2) is 4.98 Å². The quantitative estimate of drug-likeness (QED) is 0.896. The highest BCUT2D eigenvalue weighted by molar-refractivity contribution is 5.76. The molecule has 5 nitrogen and oxygen atoms in total. The molecule has 138 valence electrons. The molecule has 2 unspecified atom stereocenters. The molecule has 2 aliphatic rings. The molecule has 2 fully saturated rings. The van der Waals surface area contributed by atoms with E-state index in [-0.39, 0.29) is 5.91 Å². The minimum atomic E-state index is 0.188. The summed E-state index contributed by atoms with van der Waals surface area (Å²) in [6, 6.07) is 11.5. The van der Waals surface area contributed by atoms with E-state index >= 15 is 0 Å². The van der Waals surface area contributed by atoms with E-state index in [4.69, 9.17) is 4.42 Å². The first kappa shape index (κ1) is 17.3. The molecule has 2 aliphatic heterocycles. The molecule has 1 aromatic heterocycles. The fourth-order valence-electron chi connectivity index (χ4n) is 4.35. The molecule has 2 atom stereocenters. The van der Waals surface area contributed by atoms with Crippen LogP contribution in [0.25, 0.3) is 11.3 Å². The van der Waals surface area contributed by atoms with E-state index in [1.165, 1.54) is 12.8 Å². The Balaban J connectivity index is 1.36. The summed E-state index contributed by atoms with van der Waals surface area (Å²) >= 11 is 0. The second kappa shape index (κ2) is 7.23. The SMILES string of the molecule is Cc1nc(CCC(=O)N(C)C2CC3CCC(C2)N3)oc1-c1ccccc1. The fraction of sp³-hybridized carbons (Fsp3) is 0.524. The number of amides is 1. The molecule has 3 heterocycles. The molecule has 0 radical (unpaired) electrons. The maximum atomic E-state index is 12.6. The molecule has 1 N–H and O–H groups in total. The number of carbonyl (C=O) groups excluding carboxylic acids is 1. The van der Waals surface area contributed by atoms with Gasteiger partial charge < -0.3 is 14.6 Å². The van der Waals surface area contributed by atoms with Crippen molar-refractivity contribution in [3.05, 3.63) is 41.9 Å². The summed E-state index contributed by atoms with van der Waals surface area (Å²) < 4.78 is 5.93. The van der Waals surface area contributed by atoms with E-state index in [2.05, 4.69) is 10.3 Å². The Hall–Kier alpha value is -2.14. The molecular formula is C21H27N3O2. The summed E-state index contributed by atoms with van der Waals surface area (Å²) in [4.78, 5) is 19.1. The van der Waals surface area contributed by atoms with Crippen LogP contribution in [0.2, 0.25) is 0 Å². The van der Waals surface area contributed by atoms with Gasteiger partial charge in [0, 0.05) is 43.6 Å². The van der Waals surface area contributed by atoms with Gasteiger partial charge in [-0.15, -0.1) is 0 Å². The minimum absolute atomic E-state index is 0.188. The summed E-state index contributed by atoms with van der Waals surface area (Å²) in [5.74, 6) is 1.64. The highest BCUT2D eigenvalue weighted by Gasteiger charge is 2.36. The second-order valence-electron chi connectivity index (χ2n) is 7.66. The normalized spacial score (nSPS) is 24.6. The molecule has 4 rings (SSSR count). The number of aromatic nitrogens is 1. The van der Waals surface area contributed by atoms with Crippen LogP contribution in [0.3, 0.4) is 0 Å². The largest absolute Gasteiger partial charge is 0.440 e. The van der Waals surface area contributed by atoms with Gasteiger partial charge >= 0.3 is 0 Å². The molecule has 1 aromatic carbocycles. The smallest absolute Gasteiger partial charge is 0.223 e. The van der Waals surface area contributed by atoms with Crippen LogP contribution >= 0.6 is 0 Å². The molecular weight excluding hydrogens is 326 g/mol. The van der Waals surface area contributed by atoms with Crippen LogP contribution in [0.4, 0.5) is 0 Å². The lowest BCUT2D eigenvalue weighted by molar-refractivity contribution is -0.132. The number of oxazole rings is 1. The number of hydrogen-bond acceptors (Lipinski definition) is 4. The maximum Gasteiger partial charge on any atom is 0.223 e. The Bertz CT molecular complexity index is 759. The zero-order chi connectivity index (χ0) is 18.1. The Morgan fingerprint density at radius 1 is 1.23 bits per heavy atom. The number of nitrogens with zero attached hydrogens (tertiary/aromatic N) is 2. The van der Waals surface area contributed by atoms with E-state index in [1.54, 1.807) is 0 Å². The average Bonchev–Trinajstić information content (AvgIpc) is 3.21. The molecule has 5 heteroatoms. The first-order valence-corrected chi connectivity index (χ1v) is 9.63. The number of rotatable bonds is 5. The molecule has 2 aromatic rings. The molecule has 0 aliphatic carbocycles. The summed E-state index contributed by atoms with van der Waals surface area (Å²) in [5.41, 5.74) is 1.90. The van der Waals surface area contributed by atoms with Crippen molar-refractivity contribution in [3.63, 3.8) is 0 Å². The monoisotopic (exact) mass is 353 g/mol. The first-order chi connectivity index (χ1) is 12.6. The van der Waals surface area contributed by atoms with Crippen molar-refractivity contribution in [1.29, 1.82) is 0 Å². The van der Waals surface area contributed by atoms with E-state index < -0.39 is 0 Å². The van der Waals surface area contributed by atoms with Gasteiger partial charge in [0.05, 0.1) is 5.69 Å². The van der Waals surface area contributed by atoms with Gasteiger partial charge in [0.25, 0.3) is 0 Å². The fourth-order valence-corrected chi connectivity index (χ4v) is 4.35. The number of benzene rings is 1. The van der Waals surface area contributed by atoms with Crippen LogP contribution < -0.4 is 5.32 Å². The van der Waals surface area contributed by atoms with E-state index in [1.807, 2.05) is 49.2 Å². The Morgan fingerprint density at radius 2 is 1.92 bits per heavy atom. The lowest BCUT2D eigenvalue weighted by Gasteiger charge is -2.35. The van der Waals surface area contributed by atoms with Gasteiger partial charge in [-0.2, -0.15) is 0 Å². The molecule has 1 amide bonds. The Morgan fingerprint density at radius 3 is 2.62 bits per heavy atom. The van der Waals surface area contributed by atoms with Crippen LogP contribution in [0.1, 0.15) is 43.7 Å². The minimum Gasteiger partial charge on any atom is -0.440 e. The van der Waals surface area contributed by atoms with Crippen LogP contribution in [0, 0.1) is 6.92 Å². The van der Waals surface area contributed by atoms with Crippen molar-refractivity contribution in [2.45, 2.75) is 63.6 Å². The third-order valence-electron chi connectivity index (χ3n) is 5.82. The lowest BCUT2D eigenvalue weighted by atomic mass is 9.98. The molecule has 2 saturated heterocycles. The number of carbonyl (C=O) groups is 1. The van der Waals surface area contributed by atoms with Crippen LogP contribution in [-0.4, -0.2) is 41.0 Å². The van der Waals surface area contributed by atoms with Crippen molar-refractivity contribution in [2.24, 2.45) is 0 Å². The number of fused-ring (bicyclic) bond motifs is 2. The third-order valence-corrected chi connectivity index (χ3v) is 5.82. The van der Waals surface area contributed by atoms with E-state index in [0.29, 0.717) is 36.9 Å². The molecule has 0 spiro atoms. The number of piperidine rings is 1. The van der Waals surface area contributed by atoms with E-state index in [9.17, 15) is 4.79 Å². The molecule has 0 saturated carbocycles. The standard InChI is InChI=1S/C21H27N3O2/c1-14-21(15-6-4-3-5-7-15)26-19(22-14)10-11-20(25)24(2)18-12-16-8-9-17(13-18)23-16/h3-7,16-18,23H,8-13H2,1-2H3. The number of hydrogen-bond donors (Lipinski definition) is 1. The predicted molar refractivity (Wildman–Crippen MR) is 101 cm³/mol. The van der Waals surface area contributed by atoms with Gasteiger partial charge in [-0.3, -0.25) is 4.79 Å². The lowest BCUT2D eigenvalue weighted by Crippen LogP contribution is -2.48. The second-order valence-corrected chi connectivity index (χ2v) is 7.66. The Labute approximate surface area is 154 Å². The summed E-state index contributed by atoms with van der Waals surface area (Å²) in [5, 5.41) is 3.63. The van der Waals surface area contributed by atoms with Crippen molar-refractivity contribution >= 4 is 5.91 Å². The van der Waals surface area contributed by atoms with Crippen molar-refractivity contribution in [2.75, 3.05) is 7.05 Å². The Kier molecular flexibility index (Phi) is 4.81. The average molecular weight is 353 g/mol. The first-order valence-electron chi connectivity index (χ1n) is 9.63. The van der Waals surface area contributed by atoms with Gasteiger partial charge in [-0.1, -0.05) is 30.3 Å². The van der Waals surface area contributed by atoms with Crippen LogP contribution in [-0.2, 0) is 11.2 Å². The predicted octanol–water partition coefficient (Wildman–Crippen LogP) is 3.32.